The van der Waals surface area contributed by atoms with Crippen LogP contribution in [0.25, 0.3) is 0 Å². The Morgan fingerprint density at radius 2 is 1.90 bits per heavy atom. The first-order valence-electron chi connectivity index (χ1n) is 7.50. The highest BCUT2D eigenvalue weighted by Crippen LogP contribution is 2.39. The van der Waals surface area contributed by atoms with Gasteiger partial charge in [-0.1, -0.05) is 27.7 Å². The third-order valence-electron chi connectivity index (χ3n) is 4.48. The second kappa shape index (κ2) is 6.05. The second-order valence-corrected chi connectivity index (χ2v) is 12.6. The molecule has 1 N–H and O–H groups in total. The number of aliphatic hydroxyl groups excluding tert-OH is 1. The van der Waals surface area contributed by atoms with Crippen LogP contribution in [0, 0.1) is 5.92 Å². The van der Waals surface area contributed by atoms with Gasteiger partial charge in [0.1, 0.15) is 6.10 Å². The van der Waals surface area contributed by atoms with Crippen LogP contribution in [-0.2, 0) is 13.9 Å². The monoisotopic (exact) mass is 304 g/mol. The number of rotatable bonds is 5. The Morgan fingerprint density at radius 1 is 1.35 bits per heavy atom. The maximum absolute atomic E-state index is 9.53. The summed E-state index contributed by atoms with van der Waals surface area (Å²) >= 11 is 0. The Kier molecular flexibility index (Phi) is 5.47. The topological polar surface area (TPSA) is 47.9 Å². The van der Waals surface area contributed by atoms with Crippen molar-refractivity contribution in [3.8, 4) is 0 Å². The highest BCUT2D eigenvalue weighted by Gasteiger charge is 2.45. The molecule has 0 aromatic heterocycles. The summed E-state index contributed by atoms with van der Waals surface area (Å²) in [7, 11) is -1.91. The SMILES string of the molecule is C[C@@H](CO)[C@@H](O[Si](C)(C)C(C)(C)C)[C@H]1COC(C)(C)O1. The van der Waals surface area contributed by atoms with E-state index in [9.17, 15) is 5.11 Å². The van der Waals surface area contributed by atoms with Gasteiger partial charge in [-0.25, -0.2) is 0 Å². The van der Waals surface area contributed by atoms with Crippen molar-refractivity contribution in [2.75, 3.05) is 13.2 Å². The molecule has 0 aliphatic carbocycles. The highest BCUT2D eigenvalue weighted by atomic mass is 28.4. The van der Waals surface area contributed by atoms with Gasteiger partial charge in [0.05, 0.1) is 12.7 Å². The maximum Gasteiger partial charge on any atom is 0.192 e. The van der Waals surface area contributed by atoms with Crippen LogP contribution in [0.1, 0.15) is 41.5 Å². The minimum Gasteiger partial charge on any atom is -0.411 e. The average Bonchev–Trinajstić information content (AvgIpc) is 2.64. The van der Waals surface area contributed by atoms with Gasteiger partial charge >= 0.3 is 0 Å². The molecule has 1 fully saturated rings. The number of aliphatic hydroxyl groups is 1. The lowest BCUT2D eigenvalue weighted by molar-refractivity contribution is -0.154. The van der Waals surface area contributed by atoms with E-state index in [-0.39, 0.29) is 29.8 Å². The highest BCUT2D eigenvalue weighted by molar-refractivity contribution is 6.74. The van der Waals surface area contributed by atoms with E-state index in [1.165, 1.54) is 0 Å². The zero-order valence-electron chi connectivity index (χ0n) is 14.3. The molecule has 120 valence electrons. The molecule has 1 saturated heterocycles. The van der Waals surface area contributed by atoms with Gasteiger partial charge in [-0.05, 0) is 32.0 Å². The lowest BCUT2D eigenvalue weighted by atomic mass is 10.0. The summed E-state index contributed by atoms with van der Waals surface area (Å²) < 4.78 is 18.1. The molecule has 0 amide bonds. The molecule has 1 rings (SSSR count). The van der Waals surface area contributed by atoms with Crippen LogP contribution in [0.2, 0.25) is 18.1 Å². The van der Waals surface area contributed by atoms with Crippen molar-refractivity contribution in [3.05, 3.63) is 0 Å². The molecule has 0 radical (unpaired) electrons. The summed E-state index contributed by atoms with van der Waals surface area (Å²) in [4.78, 5) is 0. The smallest absolute Gasteiger partial charge is 0.192 e. The van der Waals surface area contributed by atoms with Gasteiger partial charge in [0.2, 0.25) is 0 Å². The minimum absolute atomic E-state index is 0.0339. The molecule has 4 nitrogen and oxygen atoms in total. The van der Waals surface area contributed by atoms with Gasteiger partial charge in [0.15, 0.2) is 14.1 Å². The summed E-state index contributed by atoms with van der Waals surface area (Å²) in [5, 5.41) is 9.67. The van der Waals surface area contributed by atoms with Crippen LogP contribution in [0.4, 0.5) is 0 Å². The van der Waals surface area contributed by atoms with Crippen molar-refractivity contribution in [3.63, 3.8) is 0 Å². The van der Waals surface area contributed by atoms with Crippen molar-refractivity contribution in [1.29, 1.82) is 0 Å². The Hall–Kier alpha value is 0.0569. The van der Waals surface area contributed by atoms with E-state index in [0.29, 0.717) is 6.61 Å². The molecule has 0 spiro atoms. The molecule has 1 heterocycles. The van der Waals surface area contributed by atoms with E-state index >= 15 is 0 Å². The number of hydrogen-bond donors (Lipinski definition) is 1. The van der Waals surface area contributed by atoms with Crippen molar-refractivity contribution in [1.82, 2.24) is 0 Å². The van der Waals surface area contributed by atoms with Gasteiger partial charge in [-0.2, -0.15) is 0 Å². The molecule has 3 atom stereocenters. The normalized spacial score (nSPS) is 26.6. The van der Waals surface area contributed by atoms with Gasteiger partial charge in [-0.15, -0.1) is 0 Å². The van der Waals surface area contributed by atoms with Gasteiger partial charge in [0, 0.05) is 12.5 Å². The number of ether oxygens (including phenoxy) is 2. The minimum atomic E-state index is -1.91. The summed E-state index contributed by atoms with van der Waals surface area (Å²) in [5.74, 6) is -0.527. The molecular weight excluding hydrogens is 272 g/mol. The fourth-order valence-electron chi connectivity index (χ4n) is 2.06. The molecule has 5 heteroatoms. The third kappa shape index (κ3) is 4.27. The van der Waals surface area contributed by atoms with E-state index in [0.717, 1.165) is 0 Å². The van der Waals surface area contributed by atoms with E-state index in [2.05, 4.69) is 33.9 Å². The second-order valence-electron chi connectivity index (χ2n) is 7.87. The molecule has 0 aromatic rings. The first-order chi connectivity index (χ1) is 8.89. The van der Waals surface area contributed by atoms with Crippen molar-refractivity contribution in [2.45, 2.75) is 77.7 Å². The van der Waals surface area contributed by atoms with Crippen LogP contribution in [0.5, 0.6) is 0 Å². The van der Waals surface area contributed by atoms with E-state index in [1.54, 1.807) is 0 Å². The quantitative estimate of drug-likeness (QED) is 0.793. The van der Waals surface area contributed by atoms with Crippen molar-refractivity contribution < 1.29 is 19.0 Å². The fourth-order valence-corrected chi connectivity index (χ4v) is 3.47. The third-order valence-corrected chi connectivity index (χ3v) is 8.96. The Labute approximate surface area is 124 Å². The zero-order chi connectivity index (χ0) is 15.8. The Balaban J connectivity index is 2.87. The summed E-state index contributed by atoms with van der Waals surface area (Å²) in [6.45, 7) is 17.6. The van der Waals surface area contributed by atoms with Gasteiger partial charge in [-0.3, -0.25) is 0 Å². The van der Waals surface area contributed by atoms with E-state index < -0.39 is 14.1 Å². The molecular formula is C15H32O4Si. The van der Waals surface area contributed by atoms with E-state index in [1.807, 2.05) is 20.8 Å². The summed E-state index contributed by atoms with van der Waals surface area (Å²) in [6, 6.07) is 0. The van der Waals surface area contributed by atoms with Crippen LogP contribution in [-0.4, -0.2) is 44.6 Å². The lowest BCUT2D eigenvalue weighted by Gasteiger charge is -2.42. The maximum atomic E-state index is 9.53. The molecule has 0 unspecified atom stereocenters. The van der Waals surface area contributed by atoms with E-state index in [4.69, 9.17) is 13.9 Å². The lowest BCUT2D eigenvalue weighted by Crippen LogP contribution is -2.50. The first kappa shape index (κ1) is 18.1. The van der Waals surface area contributed by atoms with Crippen LogP contribution in [0.15, 0.2) is 0 Å². The van der Waals surface area contributed by atoms with Gasteiger partial charge < -0.3 is 19.0 Å². The Bertz CT molecular complexity index is 322. The zero-order valence-corrected chi connectivity index (χ0v) is 15.3. The fraction of sp³-hybridized carbons (Fsp3) is 1.00. The standard InChI is InChI=1S/C15H32O4Si/c1-11(9-16)13(12-10-17-15(5,6)18-12)19-20(7,8)14(2,3)4/h11-13,16H,9-10H2,1-8H3/t11-,12+,13+/m0/s1. The average molecular weight is 305 g/mol. The predicted octanol–water partition coefficient (Wildman–Crippen LogP) is 3.16. The summed E-state index contributed by atoms with van der Waals surface area (Å²) in [6.07, 6.45) is -0.232. The predicted molar refractivity (Wildman–Crippen MR) is 83.2 cm³/mol. The van der Waals surface area contributed by atoms with Crippen molar-refractivity contribution >= 4 is 8.32 Å². The Morgan fingerprint density at radius 3 is 2.25 bits per heavy atom. The molecule has 0 bridgehead atoms. The largest absolute Gasteiger partial charge is 0.411 e. The van der Waals surface area contributed by atoms with Crippen LogP contribution < -0.4 is 0 Å². The number of hydrogen-bond acceptors (Lipinski definition) is 4. The first-order valence-corrected chi connectivity index (χ1v) is 10.4. The molecule has 1 aliphatic rings. The van der Waals surface area contributed by atoms with Crippen molar-refractivity contribution in [2.24, 2.45) is 5.92 Å². The molecule has 0 aromatic carbocycles. The van der Waals surface area contributed by atoms with Gasteiger partial charge in [0.25, 0.3) is 0 Å². The molecule has 1 aliphatic heterocycles. The molecule has 0 saturated carbocycles. The summed E-state index contributed by atoms with van der Waals surface area (Å²) in [5.41, 5.74) is 0. The van der Waals surface area contributed by atoms with Crippen LogP contribution in [0.3, 0.4) is 0 Å². The molecule has 20 heavy (non-hydrogen) atoms. The van der Waals surface area contributed by atoms with Crippen LogP contribution >= 0.6 is 0 Å².